The van der Waals surface area contributed by atoms with E-state index in [-0.39, 0.29) is 0 Å². The standard InChI is InChI=1S/C14H20.C10H12.C10H20.C6H12/c1-12(2)8-7-9-13(3)14-10-5-4-6-11-14;1-3-9(2)10-7-5-4-6-8-10;1-9(2)7-5-6-8-10(3)4;1-4-5-6(2)3/h4-7,9-13H,8H2,1-3H3;3-9H,1H2,2H3;5-6,9-10H,7-8H2,1-4H3;4,6H,1,5H2,2-3H3/b9-7+;;6-5+;. The zero-order chi connectivity index (χ0) is 30.8. The van der Waals surface area contributed by atoms with E-state index in [9.17, 15) is 0 Å². The van der Waals surface area contributed by atoms with Crippen molar-refractivity contribution in [2.75, 3.05) is 0 Å². The van der Waals surface area contributed by atoms with Crippen LogP contribution < -0.4 is 0 Å². The Kier molecular flexibility index (Phi) is 26.3. The fourth-order valence-electron chi connectivity index (χ4n) is 3.39. The molecule has 2 rings (SSSR count). The highest BCUT2D eigenvalue weighted by atomic mass is 14.0. The van der Waals surface area contributed by atoms with E-state index in [4.69, 9.17) is 0 Å². The average Bonchev–Trinajstić information content (AvgIpc) is 2.92. The Morgan fingerprint density at radius 1 is 0.475 bits per heavy atom. The lowest BCUT2D eigenvalue weighted by Crippen LogP contribution is -1.89. The van der Waals surface area contributed by atoms with Crippen molar-refractivity contribution >= 4 is 0 Å². The van der Waals surface area contributed by atoms with Gasteiger partial charge in [0.25, 0.3) is 0 Å². The molecule has 2 unspecified atom stereocenters. The molecule has 0 aliphatic rings. The van der Waals surface area contributed by atoms with Gasteiger partial charge in [0.05, 0.1) is 0 Å². The molecule has 0 radical (unpaired) electrons. The molecule has 0 saturated carbocycles. The van der Waals surface area contributed by atoms with Crippen molar-refractivity contribution in [2.45, 2.75) is 107 Å². The Bertz CT molecular complexity index is 853. The number of benzene rings is 2. The van der Waals surface area contributed by atoms with Gasteiger partial charge in [0.1, 0.15) is 0 Å². The Morgan fingerprint density at radius 2 is 0.825 bits per heavy atom. The van der Waals surface area contributed by atoms with Crippen LogP contribution in [-0.2, 0) is 0 Å². The first-order valence-corrected chi connectivity index (χ1v) is 15.6. The third-order valence-corrected chi connectivity index (χ3v) is 6.06. The van der Waals surface area contributed by atoms with Crippen LogP contribution in [0.4, 0.5) is 0 Å². The summed E-state index contributed by atoms with van der Waals surface area (Å²) in [4.78, 5) is 0. The fourth-order valence-corrected chi connectivity index (χ4v) is 3.39. The number of hydrogen-bond acceptors (Lipinski definition) is 0. The Morgan fingerprint density at radius 3 is 1.12 bits per heavy atom. The van der Waals surface area contributed by atoms with Crippen molar-refractivity contribution in [2.24, 2.45) is 23.7 Å². The van der Waals surface area contributed by atoms with Crippen LogP contribution in [0.1, 0.15) is 118 Å². The van der Waals surface area contributed by atoms with Gasteiger partial charge < -0.3 is 0 Å². The van der Waals surface area contributed by atoms with Gasteiger partial charge >= 0.3 is 0 Å². The molecule has 0 nitrogen and oxygen atoms in total. The normalized spacial score (nSPS) is 12.3. The van der Waals surface area contributed by atoms with Crippen LogP contribution in [-0.4, -0.2) is 0 Å². The molecule has 2 atom stereocenters. The fraction of sp³-hybridized carbons (Fsp3) is 0.500. The van der Waals surface area contributed by atoms with Crippen LogP contribution in [0.5, 0.6) is 0 Å². The molecular formula is C40H64. The van der Waals surface area contributed by atoms with Crippen molar-refractivity contribution in [3.8, 4) is 0 Å². The van der Waals surface area contributed by atoms with Crippen molar-refractivity contribution in [3.05, 3.63) is 121 Å². The molecule has 2 aromatic rings. The number of allylic oxidation sites excluding steroid dienone is 6. The summed E-state index contributed by atoms with van der Waals surface area (Å²) in [5, 5.41) is 0. The Balaban J connectivity index is 0. The molecule has 0 aliphatic heterocycles. The predicted molar refractivity (Wildman–Crippen MR) is 186 cm³/mol. The predicted octanol–water partition coefficient (Wildman–Crippen LogP) is 13.2. The van der Waals surface area contributed by atoms with Gasteiger partial charge in [-0.25, -0.2) is 0 Å². The zero-order valence-corrected chi connectivity index (χ0v) is 27.9. The SMILES string of the molecule is C=CC(C)c1ccccc1.C=CCC(C)C.CC(C)C/C=C/C(C)c1ccccc1.CC(C)C/C=C/CC(C)C. The van der Waals surface area contributed by atoms with Crippen molar-refractivity contribution in [1.82, 2.24) is 0 Å². The maximum atomic E-state index is 3.74. The van der Waals surface area contributed by atoms with Gasteiger partial charge in [0.15, 0.2) is 0 Å². The maximum absolute atomic E-state index is 3.74. The van der Waals surface area contributed by atoms with Gasteiger partial charge in [-0.3, -0.25) is 0 Å². The van der Waals surface area contributed by atoms with E-state index in [1.165, 1.54) is 30.4 Å². The first kappa shape index (κ1) is 39.5. The molecule has 2 aromatic carbocycles. The number of rotatable bonds is 12. The third kappa shape index (κ3) is 27.0. The summed E-state index contributed by atoms with van der Waals surface area (Å²) in [6.45, 7) is 29.6. The largest absolute Gasteiger partial charge is 0.103 e. The lowest BCUT2D eigenvalue weighted by molar-refractivity contribution is 0.644. The van der Waals surface area contributed by atoms with E-state index in [1.807, 2.05) is 18.2 Å². The van der Waals surface area contributed by atoms with Gasteiger partial charge in [0, 0.05) is 0 Å². The van der Waals surface area contributed by atoms with Crippen LogP contribution in [0.15, 0.2) is 110 Å². The van der Waals surface area contributed by atoms with Gasteiger partial charge in [-0.1, -0.05) is 166 Å². The van der Waals surface area contributed by atoms with E-state index >= 15 is 0 Å². The summed E-state index contributed by atoms with van der Waals surface area (Å²) in [7, 11) is 0. The topological polar surface area (TPSA) is 0 Å². The minimum absolute atomic E-state index is 0.473. The van der Waals surface area contributed by atoms with E-state index in [0.29, 0.717) is 11.8 Å². The number of hydrogen-bond donors (Lipinski definition) is 0. The lowest BCUT2D eigenvalue weighted by atomic mass is 9.99. The zero-order valence-electron chi connectivity index (χ0n) is 27.9. The summed E-state index contributed by atoms with van der Waals surface area (Å²) in [6, 6.07) is 21.0. The second-order valence-corrected chi connectivity index (χ2v) is 12.3. The molecule has 0 spiro atoms. The second kappa shape index (κ2) is 26.6. The summed E-state index contributed by atoms with van der Waals surface area (Å²) in [6.07, 6.45) is 17.9. The van der Waals surface area contributed by atoms with Crippen molar-refractivity contribution < 1.29 is 0 Å². The molecule has 0 N–H and O–H groups in total. The van der Waals surface area contributed by atoms with Crippen molar-refractivity contribution in [1.29, 1.82) is 0 Å². The summed E-state index contributed by atoms with van der Waals surface area (Å²) >= 11 is 0. The molecule has 0 aromatic heterocycles. The molecule has 0 amide bonds. The smallest absolute Gasteiger partial charge is 0.00104 e. The van der Waals surface area contributed by atoms with Gasteiger partial charge in [-0.15, -0.1) is 13.2 Å². The van der Waals surface area contributed by atoms with E-state index < -0.39 is 0 Å². The highest BCUT2D eigenvalue weighted by Crippen LogP contribution is 2.16. The highest BCUT2D eigenvalue weighted by molar-refractivity contribution is 5.23. The molecule has 0 aliphatic carbocycles. The molecule has 0 fully saturated rings. The lowest BCUT2D eigenvalue weighted by Gasteiger charge is -2.06. The van der Waals surface area contributed by atoms with Crippen LogP contribution in [0.2, 0.25) is 0 Å². The first-order chi connectivity index (χ1) is 18.9. The first-order valence-electron chi connectivity index (χ1n) is 15.6. The van der Waals surface area contributed by atoms with Crippen LogP contribution in [0, 0.1) is 23.7 Å². The van der Waals surface area contributed by atoms with Crippen LogP contribution in [0.25, 0.3) is 0 Å². The average molecular weight is 545 g/mol. The van der Waals surface area contributed by atoms with E-state index in [1.54, 1.807) is 0 Å². The monoisotopic (exact) mass is 545 g/mol. The maximum Gasteiger partial charge on any atom is -0.00104 e. The Labute approximate surface area is 251 Å². The highest BCUT2D eigenvalue weighted by Gasteiger charge is 1.99. The molecular weight excluding hydrogens is 480 g/mol. The molecule has 0 bridgehead atoms. The van der Waals surface area contributed by atoms with E-state index in [0.717, 1.165) is 30.1 Å². The van der Waals surface area contributed by atoms with Crippen LogP contribution >= 0.6 is 0 Å². The Hall–Kier alpha value is -2.60. The van der Waals surface area contributed by atoms with Gasteiger partial charge in [0.2, 0.25) is 0 Å². The van der Waals surface area contributed by atoms with Gasteiger partial charge in [-0.05, 0) is 72.3 Å². The minimum atomic E-state index is 0.473. The third-order valence-electron chi connectivity index (χ3n) is 6.06. The van der Waals surface area contributed by atoms with E-state index in [2.05, 4.69) is 161 Å². The molecule has 224 valence electrons. The summed E-state index contributed by atoms with van der Waals surface area (Å²) in [5.41, 5.74) is 2.73. The molecule has 0 heterocycles. The van der Waals surface area contributed by atoms with Crippen LogP contribution in [0.3, 0.4) is 0 Å². The quantitative estimate of drug-likeness (QED) is 0.233. The molecule has 0 saturated heterocycles. The van der Waals surface area contributed by atoms with Gasteiger partial charge in [-0.2, -0.15) is 0 Å². The summed E-state index contributed by atoms with van der Waals surface area (Å²) < 4.78 is 0. The molecule has 0 heteroatoms. The summed E-state index contributed by atoms with van der Waals surface area (Å²) in [5.74, 6) is 4.17. The van der Waals surface area contributed by atoms with Crippen molar-refractivity contribution in [3.63, 3.8) is 0 Å². The second-order valence-electron chi connectivity index (χ2n) is 12.3. The molecule has 40 heavy (non-hydrogen) atoms. The minimum Gasteiger partial charge on any atom is -0.103 e.